The van der Waals surface area contributed by atoms with Gasteiger partial charge in [-0.2, -0.15) is 9.83 Å². The van der Waals surface area contributed by atoms with Crippen molar-refractivity contribution in [2.45, 2.75) is 19.4 Å². The van der Waals surface area contributed by atoms with Gasteiger partial charge in [0.25, 0.3) is 0 Å². The molecule has 0 aliphatic heterocycles. The van der Waals surface area contributed by atoms with Crippen LogP contribution in [0.3, 0.4) is 0 Å². The number of rotatable bonds is 2. The average molecular weight is 183 g/mol. The molecular formula is C9H11ClN2. The lowest BCUT2D eigenvalue weighted by molar-refractivity contribution is -0.710. The number of pyridine rings is 1. The van der Waals surface area contributed by atoms with Gasteiger partial charge in [-0.15, -0.1) is 0 Å². The Morgan fingerprint density at radius 3 is 2.33 bits per heavy atom. The van der Waals surface area contributed by atoms with Crippen LogP contribution in [0, 0.1) is 11.3 Å². The first-order chi connectivity index (χ1) is 5.38. The van der Waals surface area contributed by atoms with Crippen molar-refractivity contribution in [2.75, 3.05) is 0 Å². The zero-order valence-corrected chi connectivity index (χ0v) is 7.70. The molecule has 0 saturated carbocycles. The van der Waals surface area contributed by atoms with Crippen molar-refractivity contribution in [1.29, 1.82) is 5.26 Å². The quantitative estimate of drug-likeness (QED) is 0.510. The van der Waals surface area contributed by atoms with Crippen LogP contribution in [-0.2, 0) is 0 Å². The van der Waals surface area contributed by atoms with Crippen molar-refractivity contribution in [2.24, 2.45) is 0 Å². The number of hydrogen-bond acceptors (Lipinski definition) is 1. The fraction of sp³-hybridized carbons (Fsp3) is 0.333. The first-order valence-electron chi connectivity index (χ1n) is 3.74. The zero-order chi connectivity index (χ0) is 8.10. The molecule has 0 aliphatic rings. The summed E-state index contributed by atoms with van der Waals surface area (Å²) in [6.45, 7) is 2.01. The Morgan fingerprint density at radius 1 is 1.33 bits per heavy atom. The topological polar surface area (TPSA) is 27.7 Å². The van der Waals surface area contributed by atoms with E-state index in [0.29, 0.717) is 0 Å². The van der Waals surface area contributed by atoms with E-state index >= 15 is 0 Å². The molecule has 0 N–H and O–H groups in total. The van der Waals surface area contributed by atoms with E-state index in [9.17, 15) is 0 Å². The molecule has 0 spiro atoms. The molecule has 1 rings (SSSR count). The molecule has 1 heterocycles. The van der Waals surface area contributed by atoms with E-state index in [1.54, 1.807) is 0 Å². The molecule has 0 fully saturated rings. The maximum atomic E-state index is 8.71. The molecule has 12 heavy (non-hydrogen) atoms. The van der Waals surface area contributed by atoms with Gasteiger partial charge in [0.15, 0.2) is 12.4 Å². The molecule has 0 bridgehead atoms. The van der Waals surface area contributed by atoms with Gasteiger partial charge in [0, 0.05) is 18.6 Å². The second-order valence-electron chi connectivity index (χ2n) is 2.38. The fourth-order valence-electron chi connectivity index (χ4n) is 0.989. The molecule has 64 valence electrons. The zero-order valence-electron chi connectivity index (χ0n) is 6.94. The first-order valence-corrected chi connectivity index (χ1v) is 3.74. The van der Waals surface area contributed by atoms with Crippen LogP contribution < -0.4 is 17.0 Å². The van der Waals surface area contributed by atoms with Crippen molar-refractivity contribution in [3.8, 4) is 6.07 Å². The van der Waals surface area contributed by atoms with E-state index in [4.69, 9.17) is 5.26 Å². The van der Waals surface area contributed by atoms with E-state index in [-0.39, 0.29) is 18.4 Å². The van der Waals surface area contributed by atoms with Crippen LogP contribution in [-0.4, -0.2) is 0 Å². The molecule has 1 atom stereocenters. The predicted octanol–water partition coefficient (Wildman–Crippen LogP) is -1.55. The van der Waals surface area contributed by atoms with E-state index in [1.807, 2.05) is 42.1 Å². The normalized spacial score (nSPS) is 11.0. The van der Waals surface area contributed by atoms with Crippen molar-refractivity contribution < 1.29 is 17.0 Å². The van der Waals surface area contributed by atoms with E-state index < -0.39 is 0 Å². The van der Waals surface area contributed by atoms with Crippen LogP contribution in [0.15, 0.2) is 30.6 Å². The highest BCUT2D eigenvalue weighted by Crippen LogP contribution is 1.97. The lowest BCUT2D eigenvalue weighted by Crippen LogP contribution is -3.00. The lowest BCUT2D eigenvalue weighted by atomic mass is 10.2. The van der Waals surface area contributed by atoms with Gasteiger partial charge in [-0.05, 0) is 0 Å². The molecule has 0 aliphatic carbocycles. The maximum Gasteiger partial charge on any atom is 0.243 e. The van der Waals surface area contributed by atoms with Gasteiger partial charge in [-0.3, -0.25) is 0 Å². The monoisotopic (exact) mass is 182 g/mol. The van der Waals surface area contributed by atoms with Gasteiger partial charge in [0.1, 0.15) is 6.07 Å². The summed E-state index contributed by atoms with van der Waals surface area (Å²) < 4.78 is 1.92. The van der Waals surface area contributed by atoms with Gasteiger partial charge in [-0.25, -0.2) is 0 Å². The fourth-order valence-corrected chi connectivity index (χ4v) is 0.989. The van der Waals surface area contributed by atoms with Gasteiger partial charge in [0.2, 0.25) is 6.04 Å². The smallest absolute Gasteiger partial charge is 0.243 e. The summed E-state index contributed by atoms with van der Waals surface area (Å²) in [6.07, 6.45) is 4.68. The summed E-state index contributed by atoms with van der Waals surface area (Å²) in [4.78, 5) is 0. The molecular weight excluding hydrogens is 172 g/mol. The van der Waals surface area contributed by atoms with Crippen molar-refractivity contribution in [1.82, 2.24) is 0 Å². The SMILES string of the molecule is CCC(C#N)[n+]1ccccc1.[Cl-]. The van der Waals surface area contributed by atoms with Crippen molar-refractivity contribution in [3.63, 3.8) is 0 Å². The average Bonchev–Trinajstić information content (AvgIpc) is 2.09. The number of aromatic nitrogens is 1. The Labute approximate surface area is 78.9 Å². The van der Waals surface area contributed by atoms with Crippen LogP contribution in [0.1, 0.15) is 19.4 Å². The highest BCUT2D eigenvalue weighted by Gasteiger charge is 2.12. The lowest BCUT2D eigenvalue weighted by Gasteiger charge is -1.98. The molecule has 1 aromatic rings. The summed E-state index contributed by atoms with van der Waals surface area (Å²) in [6, 6.07) is 8.02. The van der Waals surface area contributed by atoms with E-state index in [2.05, 4.69) is 6.07 Å². The molecule has 1 aromatic heterocycles. The highest BCUT2D eigenvalue weighted by molar-refractivity contribution is 4.86. The largest absolute Gasteiger partial charge is 1.00 e. The summed E-state index contributed by atoms with van der Waals surface area (Å²) in [5.41, 5.74) is 0. The Bertz CT molecular complexity index is 253. The molecule has 2 nitrogen and oxygen atoms in total. The van der Waals surface area contributed by atoms with E-state index in [1.165, 1.54) is 0 Å². The standard InChI is InChI=1S/C9H11N2.ClH/c1-2-9(8-10)11-6-4-3-5-7-11;/h3-7,9H,2H2,1H3;1H/q+1;/p-1. The van der Waals surface area contributed by atoms with Gasteiger partial charge in [-0.1, -0.05) is 13.0 Å². The number of hydrogen-bond donors (Lipinski definition) is 0. The third-order valence-corrected chi connectivity index (χ3v) is 1.63. The predicted molar refractivity (Wildman–Crippen MR) is 41.6 cm³/mol. The summed E-state index contributed by atoms with van der Waals surface area (Å²) >= 11 is 0. The van der Waals surface area contributed by atoms with Gasteiger partial charge < -0.3 is 12.4 Å². The third kappa shape index (κ3) is 2.52. The Balaban J connectivity index is 0.00000121. The molecule has 0 aromatic carbocycles. The minimum absolute atomic E-state index is 0. The number of halogens is 1. The summed E-state index contributed by atoms with van der Waals surface area (Å²) in [7, 11) is 0. The number of nitrogens with zero attached hydrogens (tertiary/aromatic N) is 2. The van der Waals surface area contributed by atoms with Crippen LogP contribution in [0.5, 0.6) is 0 Å². The molecule has 3 heteroatoms. The Hall–Kier alpha value is -1.07. The first kappa shape index (κ1) is 10.9. The highest BCUT2D eigenvalue weighted by atomic mass is 35.5. The minimum Gasteiger partial charge on any atom is -1.00 e. The minimum atomic E-state index is -0.0174. The van der Waals surface area contributed by atoms with Crippen LogP contribution >= 0.6 is 0 Å². The van der Waals surface area contributed by atoms with Crippen LogP contribution in [0.2, 0.25) is 0 Å². The summed E-state index contributed by atoms with van der Waals surface area (Å²) in [5.74, 6) is 0. The Kier molecular flexibility index (Phi) is 5.07. The second-order valence-corrected chi connectivity index (χ2v) is 2.38. The summed E-state index contributed by atoms with van der Waals surface area (Å²) in [5, 5.41) is 8.71. The third-order valence-electron chi connectivity index (χ3n) is 1.63. The van der Waals surface area contributed by atoms with Gasteiger partial charge >= 0.3 is 0 Å². The molecule has 1 unspecified atom stereocenters. The molecule has 0 amide bonds. The van der Waals surface area contributed by atoms with Crippen LogP contribution in [0.4, 0.5) is 0 Å². The Morgan fingerprint density at radius 2 is 1.92 bits per heavy atom. The van der Waals surface area contributed by atoms with Crippen LogP contribution in [0.25, 0.3) is 0 Å². The maximum absolute atomic E-state index is 8.71. The number of nitriles is 1. The van der Waals surface area contributed by atoms with E-state index in [0.717, 1.165) is 6.42 Å². The molecule has 0 radical (unpaired) electrons. The van der Waals surface area contributed by atoms with Crippen molar-refractivity contribution >= 4 is 0 Å². The second kappa shape index (κ2) is 5.56. The van der Waals surface area contributed by atoms with Gasteiger partial charge in [0.05, 0.1) is 0 Å². The molecule has 0 saturated heterocycles. The van der Waals surface area contributed by atoms with Crippen molar-refractivity contribution in [3.05, 3.63) is 30.6 Å².